The lowest BCUT2D eigenvalue weighted by molar-refractivity contribution is 0.195. The highest BCUT2D eigenvalue weighted by atomic mass is 16.5. The van der Waals surface area contributed by atoms with Gasteiger partial charge in [0.2, 0.25) is 0 Å². The summed E-state index contributed by atoms with van der Waals surface area (Å²) in [4.78, 5) is 6.92. The lowest BCUT2D eigenvalue weighted by Crippen LogP contribution is -2.40. The number of aliphatic imine (C=N–C) groups is 1. The quantitative estimate of drug-likeness (QED) is 0.271. The van der Waals surface area contributed by atoms with E-state index in [1.165, 1.54) is 12.8 Å². The van der Waals surface area contributed by atoms with Crippen LogP contribution in [0.15, 0.2) is 17.6 Å². The third kappa shape index (κ3) is 8.16. The molecule has 0 saturated carbocycles. The molecule has 1 aromatic rings. The van der Waals surface area contributed by atoms with Gasteiger partial charge in [-0.2, -0.15) is 0 Å². The zero-order valence-corrected chi connectivity index (χ0v) is 16.3. The summed E-state index contributed by atoms with van der Waals surface area (Å²) in [5.74, 6) is 2.67. The number of ether oxygens (including phenoxy) is 1. The van der Waals surface area contributed by atoms with Crippen molar-refractivity contribution in [2.75, 3.05) is 33.9 Å². The fraction of sp³-hybridized carbons (Fsp3) is 0.722. The molecule has 1 N–H and O–H groups in total. The van der Waals surface area contributed by atoms with Crippen LogP contribution in [0.5, 0.6) is 0 Å². The SMILES string of the molecule is C=CCCCCCN(C)C(=NCc1nnc(C)n1C)NCCCOC. The minimum Gasteiger partial charge on any atom is -0.385 e. The average molecular weight is 351 g/mol. The van der Waals surface area contributed by atoms with E-state index < -0.39 is 0 Å². The van der Waals surface area contributed by atoms with Crippen molar-refractivity contribution in [1.29, 1.82) is 0 Å². The van der Waals surface area contributed by atoms with Gasteiger partial charge in [0.15, 0.2) is 11.8 Å². The Morgan fingerprint density at radius 3 is 2.76 bits per heavy atom. The topological polar surface area (TPSA) is 67.6 Å². The number of aromatic nitrogens is 3. The Morgan fingerprint density at radius 2 is 2.12 bits per heavy atom. The minimum atomic E-state index is 0.519. The largest absolute Gasteiger partial charge is 0.385 e. The molecular formula is C18H34N6O. The minimum absolute atomic E-state index is 0.519. The zero-order chi connectivity index (χ0) is 18.5. The molecule has 0 aliphatic carbocycles. The second-order valence-electron chi connectivity index (χ2n) is 6.19. The number of allylic oxidation sites excluding steroid dienone is 1. The molecule has 0 radical (unpaired) electrons. The molecule has 0 aromatic carbocycles. The molecule has 1 aromatic heterocycles. The number of unbranched alkanes of at least 4 members (excludes halogenated alkanes) is 3. The van der Waals surface area contributed by atoms with E-state index in [0.717, 1.165) is 56.6 Å². The van der Waals surface area contributed by atoms with Crippen molar-refractivity contribution < 1.29 is 4.74 Å². The second kappa shape index (κ2) is 12.5. The van der Waals surface area contributed by atoms with Crippen LogP contribution in [0.3, 0.4) is 0 Å². The van der Waals surface area contributed by atoms with Crippen molar-refractivity contribution in [1.82, 2.24) is 25.0 Å². The molecular weight excluding hydrogens is 316 g/mol. The van der Waals surface area contributed by atoms with Crippen LogP contribution in [0, 0.1) is 6.92 Å². The monoisotopic (exact) mass is 350 g/mol. The first-order valence-electron chi connectivity index (χ1n) is 9.04. The van der Waals surface area contributed by atoms with Crippen molar-refractivity contribution in [2.24, 2.45) is 12.0 Å². The molecule has 7 heteroatoms. The number of nitrogens with zero attached hydrogens (tertiary/aromatic N) is 5. The Balaban J connectivity index is 2.58. The van der Waals surface area contributed by atoms with Crippen molar-refractivity contribution in [2.45, 2.75) is 45.6 Å². The van der Waals surface area contributed by atoms with Gasteiger partial charge < -0.3 is 19.5 Å². The molecule has 0 amide bonds. The maximum Gasteiger partial charge on any atom is 0.194 e. The highest BCUT2D eigenvalue weighted by molar-refractivity contribution is 5.79. The molecule has 7 nitrogen and oxygen atoms in total. The van der Waals surface area contributed by atoms with Gasteiger partial charge in [0.05, 0.1) is 0 Å². The van der Waals surface area contributed by atoms with E-state index in [1.807, 2.05) is 24.6 Å². The van der Waals surface area contributed by atoms with Crippen LogP contribution < -0.4 is 5.32 Å². The van der Waals surface area contributed by atoms with Crippen molar-refractivity contribution >= 4 is 5.96 Å². The van der Waals surface area contributed by atoms with E-state index in [0.29, 0.717) is 6.54 Å². The molecule has 1 rings (SSSR count). The Kier molecular flexibility index (Phi) is 10.6. The molecule has 0 unspecified atom stereocenters. The lowest BCUT2D eigenvalue weighted by atomic mass is 10.2. The third-order valence-corrected chi connectivity index (χ3v) is 4.12. The van der Waals surface area contributed by atoms with Crippen LogP contribution in [-0.2, 0) is 18.3 Å². The lowest BCUT2D eigenvalue weighted by Gasteiger charge is -2.22. The molecule has 0 fully saturated rings. The Bertz CT molecular complexity index is 526. The molecule has 0 atom stereocenters. The Hall–Kier alpha value is -1.89. The summed E-state index contributed by atoms with van der Waals surface area (Å²) in [6, 6.07) is 0. The van der Waals surface area contributed by atoms with Crippen LogP contribution in [-0.4, -0.2) is 59.5 Å². The van der Waals surface area contributed by atoms with E-state index in [-0.39, 0.29) is 0 Å². The van der Waals surface area contributed by atoms with Crippen molar-refractivity contribution in [3.8, 4) is 0 Å². The summed E-state index contributed by atoms with van der Waals surface area (Å²) in [7, 11) is 5.77. The fourth-order valence-electron chi connectivity index (χ4n) is 2.38. The van der Waals surface area contributed by atoms with Gasteiger partial charge >= 0.3 is 0 Å². The van der Waals surface area contributed by atoms with Crippen LogP contribution in [0.4, 0.5) is 0 Å². The highest BCUT2D eigenvalue weighted by Gasteiger charge is 2.08. The van der Waals surface area contributed by atoms with Gasteiger partial charge in [-0.15, -0.1) is 16.8 Å². The summed E-state index contributed by atoms with van der Waals surface area (Å²) in [5.41, 5.74) is 0. The Morgan fingerprint density at radius 1 is 1.32 bits per heavy atom. The molecule has 25 heavy (non-hydrogen) atoms. The van der Waals surface area contributed by atoms with Gasteiger partial charge in [0.1, 0.15) is 12.4 Å². The molecule has 142 valence electrons. The van der Waals surface area contributed by atoms with Crippen LogP contribution >= 0.6 is 0 Å². The van der Waals surface area contributed by atoms with Gasteiger partial charge in [-0.1, -0.05) is 12.5 Å². The van der Waals surface area contributed by atoms with Gasteiger partial charge in [0.25, 0.3) is 0 Å². The van der Waals surface area contributed by atoms with Crippen molar-refractivity contribution in [3.05, 3.63) is 24.3 Å². The first kappa shape index (κ1) is 21.2. The molecule has 1 heterocycles. The van der Waals surface area contributed by atoms with Gasteiger partial charge in [-0.3, -0.25) is 0 Å². The maximum atomic E-state index is 5.11. The normalized spacial score (nSPS) is 11.6. The van der Waals surface area contributed by atoms with E-state index in [9.17, 15) is 0 Å². The standard InChI is InChI=1S/C18H34N6O/c1-6-7-8-9-10-13-23(3)18(19-12-11-14-25-5)20-15-17-22-21-16(2)24(17)4/h6H,1,7-15H2,2-5H3,(H,19,20). The van der Waals surface area contributed by atoms with Gasteiger partial charge in [-0.05, 0) is 32.6 Å². The van der Waals surface area contributed by atoms with E-state index in [4.69, 9.17) is 9.73 Å². The van der Waals surface area contributed by atoms with Crippen LogP contribution in [0.1, 0.15) is 43.8 Å². The van der Waals surface area contributed by atoms with E-state index in [1.54, 1.807) is 7.11 Å². The molecule has 0 aliphatic heterocycles. The molecule has 0 bridgehead atoms. The fourth-order valence-corrected chi connectivity index (χ4v) is 2.38. The Labute approximate surface area is 152 Å². The number of aryl methyl sites for hydroxylation is 1. The number of methoxy groups -OCH3 is 1. The third-order valence-electron chi connectivity index (χ3n) is 4.12. The number of hydrogen-bond donors (Lipinski definition) is 1. The number of hydrogen-bond acceptors (Lipinski definition) is 4. The van der Waals surface area contributed by atoms with E-state index in [2.05, 4.69) is 34.0 Å². The van der Waals surface area contributed by atoms with Gasteiger partial charge in [0, 0.05) is 40.9 Å². The van der Waals surface area contributed by atoms with Crippen molar-refractivity contribution in [3.63, 3.8) is 0 Å². The van der Waals surface area contributed by atoms with Crippen LogP contribution in [0.25, 0.3) is 0 Å². The number of nitrogens with one attached hydrogen (secondary N) is 1. The smallest absolute Gasteiger partial charge is 0.194 e. The van der Waals surface area contributed by atoms with Gasteiger partial charge in [-0.25, -0.2) is 4.99 Å². The first-order valence-corrected chi connectivity index (χ1v) is 9.04. The zero-order valence-electron chi connectivity index (χ0n) is 16.3. The molecule has 0 saturated heterocycles. The summed E-state index contributed by atoms with van der Waals surface area (Å²) in [6.07, 6.45) is 7.57. The molecule has 0 aliphatic rings. The number of guanidine groups is 1. The summed E-state index contributed by atoms with van der Waals surface area (Å²) in [6.45, 7) is 8.79. The predicted molar refractivity (Wildman–Crippen MR) is 103 cm³/mol. The summed E-state index contributed by atoms with van der Waals surface area (Å²) in [5, 5.41) is 11.7. The highest BCUT2D eigenvalue weighted by Crippen LogP contribution is 2.03. The predicted octanol–water partition coefficient (Wildman–Crippen LogP) is 2.28. The molecule has 0 spiro atoms. The van der Waals surface area contributed by atoms with E-state index >= 15 is 0 Å². The first-order chi connectivity index (χ1) is 12.1. The average Bonchev–Trinajstić information content (AvgIpc) is 2.92. The second-order valence-corrected chi connectivity index (χ2v) is 6.19. The maximum absolute atomic E-state index is 5.11. The summed E-state index contributed by atoms with van der Waals surface area (Å²) < 4.78 is 7.08. The summed E-state index contributed by atoms with van der Waals surface area (Å²) >= 11 is 0. The number of rotatable bonds is 12. The van der Waals surface area contributed by atoms with Crippen LogP contribution in [0.2, 0.25) is 0 Å².